The van der Waals surface area contributed by atoms with Crippen molar-refractivity contribution in [3.8, 4) is 5.75 Å². The predicted octanol–water partition coefficient (Wildman–Crippen LogP) is 2.86. The molecule has 116 valence electrons. The molecule has 2 atom stereocenters. The lowest BCUT2D eigenvalue weighted by atomic mass is 9.81. The van der Waals surface area contributed by atoms with Crippen molar-refractivity contribution < 1.29 is 9.53 Å². The molecule has 0 spiro atoms. The fourth-order valence-corrected chi connectivity index (χ4v) is 3.50. The summed E-state index contributed by atoms with van der Waals surface area (Å²) in [5, 5.41) is 3.00. The van der Waals surface area contributed by atoms with Gasteiger partial charge in [0.05, 0.1) is 11.1 Å². The molecule has 4 nitrogen and oxygen atoms in total. The van der Waals surface area contributed by atoms with Crippen LogP contribution in [-0.2, 0) is 10.2 Å². The van der Waals surface area contributed by atoms with Crippen LogP contribution in [0.5, 0.6) is 5.75 Å². The van der Waals surface area contributed by atoms with Crippen molar-refractivity contribution >= 4 is 24.0 Å². The van der Waals surface area contributed by atoms with Crippen LogP contribution in [0.4, 0.5) is 5.69 Å². The third kappa shape index (κ3) is 2.04. The summed E-state index contributed by atoms with van der Waals surface area (Å²) >= 11 is 0. The molecule has 0 saturated carbocycles. The van der Waals surface area contributed by atoms with E-state index in [-0.39, 0.29) is 24.4 Å². The van der Waals surface area contributed by atoms with Crippen LogP contribution < -0.4 is 15.8 Å². The number of hydrogen-bond donors (Lipinski definition) is 2. The van der Waals surface area contributed by atoms with Crippen LogP contribution in [0, 0.1) is 6.92 Å². The molecule has 2 unspecified atom stereocenters. The first-order chi connectivity index (χ1) is 9.41. The molecular weight excluding hydrogens is 288 g/mol. The molecule has 1 amide bonds. The standard InChI is InChI=1S/C16H22N2O2.ClH/c1-5-9-10-6-8(2)13-12(14(10)20-11(9)7-17)16(3,4)15(19)18-13;/h6,9,11H,5,7,17H2,1-4H3,(H,18,19);1H. The maximum absolute atomic E-state index is 12.2. The lowest BCUT2D eigenvalue weighted by Gasteiger charge is -2.19. The van der Waals surface area contributed by atoms with E-state index in [0.29, 0.717) is 12.5 Å². The first kappa shape index (κ1) is 16.1. The average Bonchev–Trinajstić information content (AvgIpc) is 2.86. The Balaban J connectivity index is 0.00000161. The molecule has 0 saturated heterocycles. The number of amides is 1. The van der Waals surface area contributed by atoms with E-state index in [0.717, 1.165) is 29.0 Å². The Morgan fingerprint density at radius 3 is 2.67 bits per heavy atom. The summed E-state index contributed by atoms with van der Waals surface area (Å²) in [6, 6.07) is 2.15. The van der Waals surface area contributed by atoms with Crippen LogP contribution in [0.2, 0.25) is 0 Å². The van der Waals surface area contributed by atoms with Gasteiger partial charge < -0.3 is 15.8 Å². The Morgan fingerprint density at radius 2 is 2.10 bits per heavy atom. The molecule has 1 aromatic carbocycles. The van der Waals surface area contributed by atoms with Gasteiger partial charge in [0.15, 0.2) is 0 Å². The topological polar surface area (TPSA) is 64.3 Å². The van der Waals surface area contributed by atoms with Crippen molar-refractivity contribution in [1.29, 1.82) is 0 Å². The Labute approximate surface area is 131 Å². The maximum Gasteiger partial charge on any atom is 0.234 e. The zero-order valence-electron chi connectivity index (χ0n) is 12.9. The van der Waals surface area contributed by atoms with Crippen LogP contribution in [0.1, 0.15) is 49.8 Å². The minimum Gasteiger partial charge on any atom is -0.488 e. The largest absolute Gasteiger partial charge is 0.488 e. The quantitative estimate of drug-likeness (QED) is 0.883. The number of fused-ring (bicyclic) bond motifs is 3. The molecule has 2 aliphatic rings. The number of rotatable bonds is 2. The first-order valence-electron chi connectivity index (χ1n) is 7.28. The summed E-state index contributed by atoms with van der Waals surface area (Å²) in [6.45, 7) is 8.61. The molecule has 3 N–H and O–H groups in total. The molecule has 0 fully saturated rings. The molecule has 0 bridgehead atoms. The van der Waals surface area contributed by atoms with E-state index >= 15 is 0 Å². The number of nitrogens with one attached hydrogen (secondary N) is 1. The summed E-state index contributed by atoms with van der Waals surface area (Å²) in [4.78, 5) is 12.2. The molecule has 3 rings (SSSR count). The molecular formula is C16H23ClN2O2. The Hall–Kier alpha value is -1.26. The molecule has 2 heterocycles. The van der Waals surface area contributed by atoms with Gasteiger partial charge in [-0.1, -0.05) is 6.92 Å². The van der Waals surface area contributed by atoms with Gasteiger partial charge in [-0.3, -0.25) is 4.79 Å². The number of carbonyl (C=O) groups excluding carboxylic acids is 1. The zero-order valence-corrected chi connectivity index (χ0v) is 13.8. The van der Waals surface area contributed by atoms with Crippen LogP contribution in [0.3, 0.4) is 0 Å². The third-order valence-electron chi connectivity index (χ3n) is 4.73. The molecule has 5 heteroatoms. The second-order valence-corrected chi connectivity index (χ2v) is 6.35. The molecule has 21 heavy (non-hydrogen) atoms. The van der Waals surface area contributed by atoms with E-state index in [9.17, 15) is 4.79 Å². The number of anilines is 1. The Morgan fingerprint density at radius 1 is 1.43 bits per heavy atom. The van der Waals surface area contributed by atoms with Crippen molar-refractivity contribution in [2.45, 2.75) is 51.6 Å². The first-order valence-corrected chi connectivity index (χ1v) is 7.28. The number of ether oxygens (including phenoxy) is 1. The van der Waals surface area contributed by atoms with Crippen LogP contribution in [-0.4, -0.2) is 18.6 Å². The molecule has 0 aliphatic carbocycles. The van der Waals surface area contributed by atoms with Gasteiger partial charge in [0.25, 0.3) is 0 Å². The van der Waals surface area contributed by atoms with Gasteiger partial charge in [-0.2, -0.15) is 0 Å². The lowest BCUT2D eigenvalue weighted by molar-refractivity contribution is -0.119. The van der Waals surface area contributed by atoms with Crippen molar-refractivity contribution in [1.82, 2.24) is 0 Å². The number of halogens is 1. The van der Waals surface area contributed by atoms with Gasteiger partial charge in [0.1, 0.15) is 11.9 Å². The maximum atomic E-state index is 12.2. The molecule has 2 aliphatic heterocycles. The lowest BCUT2D eigenvalue weighted by Crippen LogP contribution is -2.29. The van der Waals surface area contributed by atoms with Crippen molar-refractivity contribution in [3.05, 3.63) is 22.8 Å². The monoisotopic (exact) mass is 310 g/mol. The van der Waals surface area contributed by atoms with E-state index in [1.165, 1.54) is 5.56 Å². The van der Waals surface area contributed by atoms with E-state index in [4.69, 9.17) is 10.5 Å². The van der Waals surface area contributed by atoms with E-state index in [2.05, 4.69) is 18.3 Å². The third-order valence-corrected chi connectivity index (χ3v) is 4.73. The number of aryl methyl sites for hydroxylation is 1. The SMILES string of the molecule is CCC1c2cc(C)c3c(c2OC1CN)C(C)(C)C(=O)N3.Cl. The van der Waals surface area contributed by atoms with Crippen LogP contribution >= 0.6 is 12.4 Å². The summed E-state index contributed by atoms with van der Waals surface area (Å²) in [5.41, 5.74) is 9.55. The second-order valence-electron chi connectivity index (χ2n) is 6.35. The fourth-order valence-electron chi connectivity index (χ4n) is 3.50. The second kappa shape index (κ2) is 5.18. The van der Waals surface area contributed by atoms with Crippen molar-refractivity contribution in [3.63, 3.8) is 0 Å². The van der Waals surface area contributed by atoms with Crippen LogP contribution in [0.15, 0.2) is 6.07 Å². The van der Waals surface area contributed by atoms with Gasteiger partial charge in [0.2, 0.25) is 5.91 Å². The number of hydrogen-bond acceptors (Lipinski definition) is 3. The zero-order chi connectivity index (χ0) is 14.7. The Kier molecular flexibility index (Phi) is 3.98. The molecule has 1 aromatic rings. The molecule has 0 aromatic heterocycles. The summed E-state index contributed by atoms with van der Waals surface area (Å²) in [6.07, 6.45) is 1.02. The van der Waals surface area contributed by atoms with E-state index in [1.54, 1.807) is 0 Å². The highest BCUT2D eigenvalue weighted by Crippen LogP contribution is 2.52. The number of benzene rings is 1. The van der Waals surface area contributed by atoms with Crippen LogP contribution in [0.25, 0.3) is 0 Å². The highest BCUT2D eigenvalue weighted by molar-refractivity contribution is 6.07. The summed E-state index contributed by atoms with van der Waals surface area (Å²) in [7, 11) is 0. The van der Waals surface area contributed by atoms with E-state index in [1.807, 2.05) is 20.8 Å². The van der Waals surface area contributed by atoms with E-state index < -0.39 is 5.41 Å². The van der Waals surface area contributed by atoms with Gasteiger partial charge in [-0.15, -0.1) is 12.4 Å². The minimum absolute atomic E-state index is 0. The minimum atomic E-state index is -0.548. The van der Waals surface area contributed by atoms with Gasteiger partial charge in [-0.05, 0) is 38.8 Å². The van der Waals surface area contributed by atoms with Crippen molar-refractivity contribution in [2.24, 2.45) is 5.73 Å². The summed E-state index contributed by atoms with van der Waals surface area (Å²) in [5.74, 6) is 1.25. The predicted molar refractivity (Wildman–Crippen MR) is 86.6 cm³/mol. The van der Waals surface area contributed by atoms with Crippen molar-refractivity contribution in [2.75, 3.05) is 11.9 Å². The number of carbonyl (C=O) groups is 1. The highest BCUT2D eigenvalue weighted by Gasteiger charge is 2.46. The summed E-state index contributed by atoms with van der Waals surface area (Å²) < 4.78 is 6.12. The number of nitrogens with two attached hydrogens (primary N) is 1. The Bertz CT molecular complexity index is 598. The highest BCUT2D eigenvalue weighted by atomic mass is 35.5. The smallest absolute Gasteiger partial charge is 0.234 e. The van der Waals surface area contributed by atoms with Gasteiger partial charge in [-0.25, -0.2) is 0 Å². The molecule has 0 radical (unpaired) electrons. The normalized spacial score (nSPS) is 24.7. The van der Waals surface area contributed by atoms with Gasteiger partial charge in [0, 0.05) is 23.6 Å². The van der Waals surface area contributed by atoms with Gasteiger partial charge >= 0.3 is 0 Å². The average molecular weight is 311 g/mol. The fraction of sp³-hybridized carbons (Fsp3) is 0.562.